The van der Waals surface area contributed by atoms with E-state index in [1.807, 2.05) is 12.3 Å². The van der Waals surface area contributed by atoms with Gasteiger partial charge in [0.25, 0.3) is 0 Å². The van der Waals surface area contributed by atoms with Crippen molar-refractivity contribution in [2.24, 2.45) is 5.92 Å². The zero-order valence-electron chi connectivity index (χ0n) is 11.4. The van der Waals surface area contributed by atoms with Crippen molar-refractivity contribution in [3.05, 3.63) is 12.3 Å². The lowest BCUT2D eigenvalue weighted by Gasteiger charge is -2.23. The second kappa shape index (κ2) is 6.57. The van der Waals surface area contributed by atoms with Crippen LogP contribution in [-0.2, 0) is 0 Å². The third-order valence-corrected chi connectivity index (χ3v) is 3.69. The number of rotatable bonds is 4. The molecule has 1 aromatic rings. The molecule has 100 valence electrons. The van der Waals surface area contributed by atoms with Crippen LogP contribution >= 0.6 is 0 Å². The van der Waals surface area contributed by atoms with Gasteiger partial charge < -0.3 is 10.6 Å². The Morgan fingerprint density at radius 1 is 1.28 bits per heavy atom. The van der Waals surface area contributed by atoms with Gasteiger partial charge in [-0.15, -0.1) is 0 Å². The van der Waals surface area contributed by atoms with Gasteiger partial charge in [-0.2, -0.15) is 4.98 Å². The van der Waals surface area contributed by atoms with Crippen LogP contribution in [0.1, 0.15) is 46.0 Å². The Labute approximate surface area is 110 Å². The van der Waals surface area contributed by atoms with Crippen LogP contribution in [0.4, 0.5) is 11.8 Å². The average Bonchev–Trinajstić information content (AvgIpc) is 2.56. The highest BCUT2D eigenvalue weighted by Gasteiger charge is 2.19. The monoisotopic (exact) mass is 248 g/mol. The number of aromatic nitrogens is 2. The van der Waals surface area contributed by atoms with E-state index in [4.69, 9.17) is 0 Å². The summed E-state index contributed by atoms with van der Waals surface area (Å²) in [6.45, 7) is 5.25. The summed E-state index contributed by atoms with van der Waals surface area (Å²) in [5.41, 5.74) is 0. The third kappa shape index (κ3) is 3.59. The number of anilines is 2. The van der Waals surface area contributed by atoms with Crippen molar-refractivity contribution in [3.63, 3.8) is 0 Å². The minimum Gasteiger partial charge on any atom is -0.367 e. The normalized spacial score (nSPS) is 24.3. The van der Waals surface area contributed by atoms with Gasteiger partial charge in [0.05, 0.1) is 0 Å². The number of nitrogens with one attached hydrogen (secondary N) is 2. The molecule has 4 nitrogen and oxygen atoms in total. The van der Waals surface area contributed by atoms with E-state index in [2.05, 4.69) is 34.4 Å². The highest BCUT2D eigenvalue weighted by Crippen LogP contribution is 2.25. The Morgan fingerprint density at radius 3 is 2.94 bits per heavy atom. The van der Waals surface area contributed by atoms with E-state index in [0.717, 1.165) is 18.3 Å². The summed E-state index contributed by atoms with van der Waals surface area (Å²) in [6, 6.07) is 2.51. The van der Waals surface area contributed by atoms with Crippen LogP contribution in [0.5, 0.6) is 0 Å². The van der Waals surface area contributed by atoms with E-state index < -0.39 is 0 Å². The largest absolute Gasteiger partial charge is 0.367 e. The molecule has 0 radical (unpaired) electrons. The molecule has 0 bridgehead atoms. The average molecular weight is 248 g/mol. The molecule has 0 amide bonds. The van der Waals surface area contributed by atoms with Crippen LogP contribution in [0.25, 0.3) is 0 Å². The van der Waals surface area contributed by atoms with Gasteiger partial charge in [-0.25, -0.2) is 4.98 Å². The molecule has 0 aromatic carbocycles. The van der Waals surface area contributed by atoms with Gasteiger partial charge in [0, 0.05) is 18.8 Å². The summed E-state index contributed by atoms with van der Waals surface area (Å²) >= 11 is 0. The molecule has 1 heterocycles. The maximum absolute atomic E-state index is 4.49. The molecular weight excluding hydrogens is 224 g/mol. The first-order valence-corrected chi connectivity index (χ1v) is 7.13. The minimum atomic E-state index is 0.553. The van der Waals surface area contributed by atoms with Crippen molar-refractivity contribution in [1.29, 1.82) is 0 Å². The lowest BCUT2D eigenvalue weighted by atomic mass is 9.97. The molecule has 2 unspecified atom stereocenters. The second-order valence-electron chi connectivity index (χ2n) is 5.16. The lowest BCUT2D eigenvalue weighted by Crippen LogP contribution is -2.26. The molecule has 0 spiro atoms. The first kappa shape index (κ1) is 13.1. The highest BCUT2D eigenvalue weighted by molar-refractivity contribution is 5.40. The molecule has 0 saturated heterocycles. The summed E-state index contributed by atoms with van der Waals surface area (Å²) < 4.78 is 0. The van der Waals surface area contributed by atoms with Gasteiger partial charge in [0.15, 0.2) is 0 Å². The van der Waals surface area contributed by atoms with Gasteiger partial charge in [-0.1, -0.05) is 26.2 Å². The van der Waals surface area contributed by atoms with E-state index in [0.29, 0.717) is 12.0 Å². The predicted molar refractivity (Wildman–Crippen MR) is 75.9 cm³/mol. The Hall–Kier alpha value is -1.32. The van der Waals surface area contributed by atoms with Gasteiger partial charge in [-0.3, -0.25) is 0 Å². The molecule has 18 heavy (non-hydrogen) atoms. The Bertz CT molecular complexity index is 367. The Morgan fingerprint density at radius 2 is 2.11 bits per heavy atom. The molecule has 1 aromatic heterocycles. The second-order valence-corrected chi connectivity index (χ2v) is 5.16. The molecule has 4 heteroatoms. The van der Waals surface area contributed by atoms with E-state index in [9.17, 15) is 0 Å². The molecular formula is C14H24N4. The third-order valence-electron chi connectivity index (χ3n) is 3.69. The zero-order valence-corrected chi connectivity index (χ0v) is 11.4. The number of hydrogen-bond donors (Lipinski definition) is 2. The Balaban J connectivity index is 2.00. The molecule has 2 atom stereocenters. The van der Waals surface area contributed by atoms with Crippen LogP contribution in [0.15, 0.2) is 12.3 Å². The van der Waals surface area contributed by atoms with Gasteiger partial charge >= 0.3 is 0 Å². The van der Waals surface area contributed by atoms with Crippen LogP contribution in [0.3, 0.4) is 0 Å². The van der Waals surface area contributed by atoms with E-state index in [-0.39, 0.29) is 0 Å². The zero-order chi connectivity index (χ0) is 12.8. The maximum atomic E-state index is 4.49. The van der Waals surface area contributed by atoms with Gasteiger partial charge in [0.1, 0.15) is 5.82 Å². The number of nitrogens with zero attached hydrogens (tertiary/aromatic N) is 2. The van der Waals surface area contributed by atoms with Crippen molar-refractivity contribution in [2.75, 3.05) is 17.2 Å². The smallest absolute Gasteiger partial charge is 0.224 e. The molecule has 2 N–H and O–H groups in total. The van der Waals surface area contributed by atoms with Crippen molar-refractivity contribution < 1.29 is 0 Å². The Kier molecular flexibility index (Phi) is 4.79. The fourth-order valence-electron chi connectivity index (χ4n) is 2.58. The molecule has 1 fully saturated rings. The first-order valence-electron chi connectivity index (χ1n) is 7.13. The van der Waals surface area contributed by atoms with Crippen LogP contribution in [0.2, 0.25) is 0 Å². The lowest BCUT2D eigenvalue weighted by molar-refractivity contribution is 0.455. The van der Waals surface area contributed by atoms with Crippen molar-refractivity contribution in [3.8, 4) is 0 Å². The highest BCUT2D eigenvalue weighted by atomic mass is 15.1. The molecule has 0 aliphatic heterocycles. The summed E-state index contributed by atoms with van der Waals surface area (Å²) in [7, 11) is 0. The van der Waals surface area contributed by atoms with Crippen LogP contribution in [0, 0.1) is 5.92 Å². The summed E-state index contributed by atoms with van der Waals surface area (Å²) in [5.74, 6) is 2.38. The van der Waals surface area contributed by atoms with Crippen molar-refractivity contribution in [2.45, 2.75) is 52.0 Å². The van der Waals surface area contributed by atoms with E-state index in [1.165, 1.54) is 32.1 Å². The SMILES string of the molecule is CCNc1nccc(NC2CCCCCC2C)n1. The van der Waals surface area contributed by atoms with E-state index in [1.54, 1.807) is 0 Å². The molecule has 2 rings (SSSR count). The fourth-order valence-corrected chi connectivity index (χ4v) is 2.58. The van der Waals surface area contributed by atoms with Crippen LogP contribution < -0.4 is 10.6 Å². The van der Waals surface area contributed by atoms with Crippen molar-refractivity contribution >= 4 is 11.8 Å². The van der Waals surface area contributed by atoms with Crippen molar-refractivity contribution in [1.82, 2.24) is 9.97 Å². The van der Waals surface area contributed by atoms with Crippen LogP contribution in [-0.4, -0.2) is 22.6 Å². The minimum absolute atomic E-state index is 0.553. The maximum Gasteiger partial charge on any atom is 0.224 e. The first-order chi connectivity index (χ1) is 8.79. The molecule has 1 aliphatic rings. The molecule has 1 saturated carbocycles. The standard InChI is InChI=1S/C14H24N4/c1-3-15-14-16-10-9-13(18-14)17-12-8-6-4-5-7-11(12)2/h9-12H,3-8H2,1-2H3,(H2,15,16,17,18). The van der Waals surface area contributed by atoms with E-state index >= 15 is 0 Å². The quantitative estimate of drug-likeness (QED) is 0.803. The van der Waals surface area contributed by atoms with Gasteiger partial charge in [-0.05, 0) is 31.7 Å². The fraction of sp³-hybridized carbons (Fsp3) is 0.714. The molecule has 1 aliphatic carbocycles. The summed E-state index contributed by atoms with van der Waals surface area (Å²) in [5, 5.41) is 6.72. The van der Waals surface area contributed by atoms with Gasteiger partial charge in [0.2, 0.25) is 5.95 Å². The summed E-state index contributed by atoms with van der Waals surface area (Å²) in [6.07, 6.45) is 8.45. The summed E-state index contributed by atoms with van der Waals surface area (Å²) in [4.78, 5) is 8.69. The topological polar surface area (TPSA) is 49.8 Å². The number of hydrogen-bond acceptors (Lipinski definition) is 4. The predicted octanol–water partition coefficient (Wildman–Crippen LogP) is 3.29.